The lowest BCUT2D eigenvalue weighted by atomic mass is 10.2. The van der Waals surface area contributed by atoms with Gasteiger partial charge in [0.05, 0.1) is 6.10 Å². The summed E-state index contributed by atoms with van der Waals surface area (Å²) in [4.78, 5) is 1.22. The second kappa shape index (κ2) is 4.56. The summed E-state index contributed by atoms with van der Waals surface area (Å²) in [6.07, 6.45) is 1.60. The van der Waals surface area contributed by atoms with E-state index in [0.29, 0.717) is 0 Å². The van der Waals surface area contributed by atoms with Crippen LogP contribution in [0.2, 0.25) is 0 Å². The molecule has 0 saturated heterocycles. The Labute approximate surface area is 94.9 Å². The van der Waals surface area contributed by atoms with Gasteiger partial charge in [-0.15, -0.1) is 11.8 Å². The van der Waals surface area contributed by atoms with E-state index in [9.17, 15) is 5.11 Å². The topological polar surface area (TPSA) is 46.2 Å². The Bertz CT molecular complexity index is 325. The molecule has 0 amide bonds. The summed E-state index contributed by atoms with van der Waals surface area (Å²) in [7, 11) is 0. The first kappa shape index (κ1) is 11.0. The molecule has 0 heterocycles. The van der Waals surface area contributed by atoms with Crippen LogP contribution in [0.5, 0.6) is 0 Å². The summed E-state index contributed by atoms with van der Waals surface area (Å²) in [5, 5.41) is 10.1. The first-order valence-electron chi connectivity index (χ1n) is 5.34. The smallest absolute Gasteiger partial charge is 0.0812 e. The zero-order chi connectivity index (χ0) is 10.8. The fourth-order valence-electron chi connectivity index (χ4n) is 1.89. The zero-order valence-corrected chi connectivity index (χ0v) is 9.70. The molecule has 1 aromatic rings. The van der Waals surface area contributed by atoms with E-state index in [1.807, 2.05) is 0 Å². The van der Waals surface area contributed by atoms with Crippen LogP contribution in [0.25, 0.3) is 0 Å². The van der Waals surface area contributed by atoms with E-state index in [2.05, 4.69) is 31.2 Å². The zero-order valence-electron chi connectivity index (χ0n) is 8.89. The Morgan fingerprint density at radius 3 is 2.47 bits per heavy atom. The molecule has 2 rings (SSSR count). The lowest BCUT2D eigenvalue weighted by Gasteiger charge is -2.16. The monoisotopic (exact) mass is 223 g/mol. The highest BCUT2D eigenvalue weighted by atomic mass is 32.2. The second-order valence-corrected chi connectivity index (χ2v) is 5.51. The second-order valence-electron chi connectivity index (χ2n) is 4.20. The molecule has 1 aromatic carbocycles. The number of rotatable bonds is 2. The van der Waals surface area contributed by atoms with Gasteiger partial charge in [0, 0.05) is 16.2 Å². The van der Waals surface area contributed by atoms with Gasteiger partial charge in [-0.3, -0.25) is 0 Å². The molecule has 0 spiro atoms. The lowest BCUT2D eigenvalue weighted by Crippen LogP contribution is -2.33. The first-order valence-corrected chi connectivity index (χ1v) is 6.22. The van der Waals surface area contributed by atoms with Gasteiger partial charge in [0.1, 0.15) is 0 Å². The van der Waals surface area contributed by atoms with Crippen molar-refractivity contribution in [3.05, 3.63) is 29.8 Å². The highest BCUT2D eigenvalue weighted by molar-refractivity contribution is 8.00. The summed E-state index contributed by atoms with van der Waals surface area (Å²) in [5.74, 6) is 0. The predicted octanol–water partition coefficient (Wildman–Crippen LogP) is 1.94. The van der Waals surface area contributed by atoms with E-state index in [-0.39, 0.29) is 17.4 Å². The molecule has 1 aliphatic carbocycles. The summed E-state index contributed by atoms with van der Waals surface area (Å²) < 4.78 is 0. The highest BCUT2D eigenvalue weighted by Gasteiger charge is 2.32. The van der Waals surface area contributed by atoms with E-state index in [4.69, 9.17) is 5.73 Å². The van der Waals surface area contributed by atoms with Gasteiger partial charge in [0.2, 0.25) is 0 Å². The van der Waals surface area contributed by atoms with Crippen LogP contribution in [-0.4, -0.2) is 22.5 Å². The number of aliphatic hydroxyl groups excluding tert-OH is 1. The molecule has 0 aliphatic heterocycles. The molecule has 15 heavy (non-hydrogen) atoms. The molecule has 1 saturated carbocycles. The number of aliphatic hydroxyl groups is 1. The highest BCUT2D eigenvalue weighted by Crippen LogP contribution is 2.34. The van der Waals surface area contributed by atoms with Crippen molar-refractivity contribution in [3.8, 4) is 0 Å². The van der Waals surface area contributed by atoms with Crippen molar-refractivity contribution in [3.63, 3.8) is 0 Å². The predicted molar refractivity (Wildman–Crippen MR) is 64.0 cm³/mol. The average molecular weight is 223 g/mol. The quantitative estimate of drug-likeness (QED) is 0.805. The summed E-state index contributed by atoms with van der Waals surface area (Å²) >= 11 is 1.74. The van der Waals surface area contributed by atoms with Crippen LogP contribution in [-0.2, 0) is 0 Å². The van der Waals surface area contributed by atoms with Gasteiger partial charge < -0.3 is 10.8 Å². The number of nitrogens with two attached hydrogens (primary N) is 1. The van der Waals surface area contributed by atoms with Crippen molar-refractivity contribution in [2.24, 2.45) is 5.73 Å². The Morgan fingerprint density at radius 2 is 1.93 bits per heavy atom. The van der Waals surface area contributed by atoms with E-state index in [1.165, 1.54) is 10.5 Å². The van der Waals surface area contributed by atoms with Gasteiger partial charge in [-0.2, -0.15) is 0 Å². The maximum Gasteiger partial charge on any atom is 0.0812 e. The van der Waals surface area contributed by atoms with Gasteiger partial charge in [-0.25, -0.2) is 0 Å². The lowest BCUT2D eigenvalue weighted by molar-refractivity contribution is 0.170. The van der Waals surface area contributed by atoms with Crippen LogP contribution in [0.15, 0.2) is 29.2 Å². The molecule has 3 heteroatoms. The van der Waals surface area contributed by atoms with Crippen LogP contribution in [0.4, 0.5) is 0 Å². The maximum atomic E-state index is 9.83. The third-order valence-electron chi connectivity index (χ3n) is 2.91. The van der Waals surface area contributed by atoms with E-state index < -0.39 is 0 Å². The minimum atomic E-state index is -0.351. The maximum absolute atomic E-state index is 9.83. The van der Waals surface area contributed by atoms with Crippen molar-refractivity contribution < 1.29 is 5.11 Å². The molecule has 2 nitrogen and oxygen atoms in total. The fraction of sp³-hybridized carbons (Fsp3) is 0.500. The molecular formula is C12H17NOS. The largest absolute Gasteiger partial charge is 0.390 e. The molecule has 1 aliphatic rings. The molecule has 0 bridgehead atoms. The number of hydrogen-bond donors (Lipinski definition) is 2. The van der Waals surface area contributed by atoms with Crippen LogP contribution in [0, 0.1) is 6.92 Å². The molecule has 3 unspecified atom stereocenters. The van der Waals surface area contributed by atoms with Gasteiger partial charge in [-0.1, -0.05) is 17.7 Å². The Balaban J connectivity index is 2.00. The average Bonchev–Trinajstić information content (AvgIpc) is 2.53. The number of hydrogen-bond acceptors (Lipinski definition) is 3. The molecule has 3 N–H and O–H groups in total. The Hall–Kier alpha value is -0.510. The minimum Gasteiger partial charge on any atom is -0.390 e. The minimum absolute atomic E-state index is 0.0343. The van der Waals surface area contributed by atoms with Gasteiger partial charge in [-0.05, 0) is 31.9 Å². The van der Waals surface area contributed by atoms with Crippen LogP contribution in [0.1, 0.15) is 18.4 Å². The summed E-state index contributed by atoms with van der Waals surface area (Å²) in [6.45, 7) is 2.08. The van der Waals surface area contributed by atoms with Gasteiger partial charge in [0.15, 0.2) is 0 Å². The van der Waals surface area contributed by atoms with Crippen molar-refractivity contribution in [1.29, 1.82) is 0 Å². The third-order valence-corrected chi connectivity index (χ3v) is 4.27. The van der Waals surface area contributed by atoms with Crippen molar-refractivity contribution in [2.75, 3.05) is 0 Å². The third kappa shape index (κ3) is 2.54. The number of benzene rings is 1. The first-order chi connectivity index (χ1) is 7.16. The van der Waals surface area contributed by atoms with Crippen molar-refractivity contribution in [2.45, 2.75) is 42.1 Å². The normalized spacial score (nSPS) is 30.7. The van der Waals surface area contributed by atoms with Crippen LogP contribution < -0.4 is 5.73 Å². The Kier molecular flexibility index (Phi) is 3.34. The fourth-order valence-corrected chi connectivity index (χ4v) is 3.13. The van der Waals surface area contributed by atoms with E-state index in [0.717, 1.165) is 12.8 Å². The summed E-state index contributed by atoms with van der Waals surface area (Å²) in [5.41, 5.74) is 7.05. The number of thioether (sulfide) groups is 1. The molecule has 0 radical (unpaired) electrons. The van der Waals surface area contributed by atoms with Crippen LogP contribution in [0.3, 0.4) is 0 Å². The van der Waals surface area contributed by atoms with Crippen LogP contribution >= 0.6 is 11.8 Å². The SMILES string of the molecule is Cc1ccc(SC2CCC(N)C2O)cc1. The van der Waals surface area contributed by atoms with E-state index >= 15 is 0 Å². The molecule has 1 fully saturated rings. The number of aryl methyl sites for hydroxylation is 1. The van der Waals surface area contributed by atoms with Crippen molar-refractivity contribution in [1.82, 2.24) is 0 Å². The van der Waals surface area contributed by atoms with Crippen molar-refractivity contribution >= 4 is 11.8 Å². The van der Waals surface area contributed by atoms with E-state index in [1.54, 1.807) is 11.8 Å². The standard InChI is InChI=1S/C12H17NOS/c1-8-2-4-9(5-3-8)15-11-7-6-10(13)12(11)14/h2-5,10-12,14H,6-7,13H2,1H3. The molecular weight excluding hydrogens is 206 g/mol. The van der Waals surface area contributed by atoms with Gasteiger partial charge in [0.25, 0.3) is 0 Å². The van der Waals surface area contributed by atoms with Gasteiger partial charge >= 0.3 is 0 Å². The Morgan fingerprint density at radius 1 is 1.27 bits per heavy atom. The molecule has 0 aromatic heterocycles. The molecule has 82 valence electrons. The molecule has 3 atom stereocenters. The summed E-state index contributed by atoms with van der Waals surface area (Å²) in [6, 6.07) is 8.38.